The molecule has 1 saturated heterocycles. The monoisotopic (exact) mass is 430 g/mol. The minimum atomic E-state index is 0. The summed E-state index contributed by atoms with van der Waals surface area (Å²) in [6.07, 6.45) is 4.07. The molecule has 0 amide bonds. The van der Waals surface area contributed by atoms with Gasteiger partial charge in [0.15, 0.2) is 5.96 Å². The highest BCUT2D eigenvalue weighted by Gasteiger charge is 2.10. The molecular formula is C18H31IN4. The number of nitrogens with two attached hydrogens (primary N) is 1. The molecule has 0 spiro atoms. The van der Waals surface area contributed by atoms with Crippen LogP contribution in [0, 0.1) is 5.92 Å². The Kier molecular flexibility index (Phi) is 9.55. The van der Waals surface area contributed by atoms with Gasteiger partial charge in [-0.3, -0.25) is 4.90 Å². The van der Waals surface area contributed by atoms with Crippen molar-refractivity contribution in [2.24, 2.45) is 16.6 Å². The van der Waals surface area contributed by atoms with Gasteiger partial charge in [0.25, 0.3) is 0 Å². The molecule has 1 aliphatic rings. The van der Waals surface area contributed by atoms with Gasteiger partial charge in [-0.1, -0.05) is 44.5 Å². The minimum Gasteiger partial charge on any atom is -0.370 e. The van der Waals surface area contributed by atoms with Crippen LogP contribution in [0.4, 0.5) is 0 Å². The van der Waals surface area contributed by atoms with E-state index in [1.54, 1.807) is 0 Å². The molecule has 0 radical (unpaired) electrons. The Morgan fingerprint density at radius 2 is 1.74 bits per heavy atom. The van der Waals surface area contributed by atoms with Crippen LogP contribution in [0.5, 0.6) is 0 Å². The third-order valence-electron chi connectivity index (χ3n) is 4.00. The van der Waals surface area contributed by atoms with Gasteiger partial charge in [-0.25, -0.2) is 4.99 Å². The first-order chi connectivity index (χ1) is 10.6. The second-order valence-corrected chi connectivity index (χ2v) is 6.63. The number of guanidine groups is 1. The first-order valence-corrected chi connectivity index (χ1v) is 8.47. The third kappa shape index (κ3) is 8.01. The van der Waals surface area contributed by atoms with E-state index in [0.29, 0.717) is 18.4 Å². The topological polar surface area (TPSA) is 53.6 Å². The van der Waals surface area contributed by atoms with Crippen LogP contribution in [0.15, 0.2) is 29.3 Å². The van der Waals surface area contributed by atoms with Gasteiger partial charge < -0.3 is 11.1 Å². The molecule has 1 aromatic carbocycles. The molecule has 0 unspecified atom stereocenters. The molecule has 3 N–H and O–H groups in total. The molecule has 0 aliphatic carbocycles. The molecule has 2 rings (SSSR count). The molecule has 1 aromatic rings. The van der Waals surface area contributed by atoms with E-state index >= 15 is 0 Å². The van der Waals surface area contributed by atoms with Crippen molar-refractivity contribution >= 4 is 29.9 Å². The largest absolute Gasteiger partial charge is 0.370 e. The zero-order valence-electron chi connectivity index (χ0n) is 14.4. The lowest BCUT2D eigenvalue weighted by atomic mass is 10.1. The van der Waals surface area contributed by atoms with Gasteiger partial charge in [-0.05, 0) is 43.0 Å². The molecule has 0 saturated carbocycles. The predicted molar refractivity (Wildman–Crippen MR) is 109 cm³/mol. The first-order valence-electron chi connectivity index (χ1n) is 8.47. The number of piperidine rings is 1. The fourth-order valence-electron chi connectivity index (χ4n) is 2.67. The van der Waals surface area contributed by atoms with Gasteiger partial charge in [0.05, 0.1) is 6.54 Å². The summed E-state index contributed by atoms with van der Waals surface area (Å²) >= 11 is 0. The van der Waals surface area contributed by atoms with Crippen LogP contribution in [0.2, 0.25) is 0 Å². The quantitative estimate of drug-likeness (QED) is 0.414. The second kappa shape index (κ2) is 10.9. The zero-order chi connectivity index (χ0) is 15.8. The van der Waals surface area contributed by atoms with Crippen molar-refractivity contribution in [1.82, 2.24) is 10.2 Å². The van der Waals surface area contributed by atoms with E-state index in [0.717, 1.165) is 13.1 Å². The molecule has 0 aromatic heterocycles. The summed E-state index contributed by atoms with van der Waals surface area (Å²) in [6.45, 7) is 9.36. The smallest absolute Gasteiger partial charge is 0.188 e. The van der Waals surface area contributed by atoms with E-state index in [1.807, 2.05) is 0 Å². The highest BCUT2D eigenvalue weighted by molar-refractivity contribution is 14.0. The fraction of sp³-hybridized carbons (Fsp3) is 0.611. The summed E-state index contributed by atoms with van der Waals surface area (Å²) in [5.41, 5.74) is 8.45. The van der Waals surface area contributed by atoms with Crippen LogP contribution in [0.25, 0.3) is 0 Å². The lowest BCUT2D eigenvalue weighted by Gasteiger charge is -2.26. The molecule has 0 atom stereocenters. The Labute approximate surface area is 157 Å². The Bertz CT molecular complexity index is 464. The summed E-state index contributed by atoms with van der Waals surface area (Å²) in [5, 5.41) is 3.14. The zero-order valence-corrected chi connectivity index (χ0v) is 16.8. The predicted octanol–water partition coefficient (Wildman–Crippen LogP) is 3.35. The van der Waals surface area contributed by atoms with Crippen molar-refractivity contribution in [3.8, 4) is 0 Å². The third-order valence-corrected chi connectivity index (χ3v) is 4.00. The lowest BCUT2D eigenvalue weighted by molar-refractivity contribution is 0.221. The highest BCUT2D eigenvalue weighted by Crippen LogP contribution is 2.13. The van der Waals surface area contributed by atoms with Crippen molar-refractivity contribution in [1.29, 1.82) is 0 Å². The molecule has 130 valence electrons. The van der Waals surface area contributed by atoms with E-state index in [9.17, 15) is 0 Å². The maximum Gasteiger partial charge on any atom is 0.188 e. The van der Waals surface area contributed by atoms with Gasteiger partial charge in [0.1, 0.15) is 0 Å². The Hall–Kier alpha value is -0.820. The second-order valence-electron chi connectivity index (χ2n) is 6.63. The van der Waals surface area contributed by atoms with Gasteiger partial charge in [-0.2, -0.15) is 0 Å². The average Bonchev–Trinajstić information content (AvgIpc) is 2.53. The summed E-state index contributed by atoms with van der Waals surface area (Å²) in [7, 11) is 0. The SMILES string of the molecule is CC(C)CNC(N)=NCc1ccc(CN2CCCCC2)cc1.I. The number of nitrogens with zero attached hydrogens (tertiary/aromatic N) is 2. The number of benzene rings is 1. The van der Waals surface area contributed by atoms with Gasteiger partial charge >= 0.3 is 0 Å². The van der Waals surface area contributed by atoms with Crippen LogP contribution in [-0.2, 0) is 13.1 Å². The van der Waals surface area contributed by atoms with Crippen LogP contribution >= 0.6 is 24.0 Å². The number of hydrogen-bond donors (Lipinski definition) is 2. The fourth-order valence-corrected chi connectivity index (χ4v) is 2.67. The Morgan fingerprint density at radius 3 is 2.35 bits per heavy atom. The average molecular weight is 430 g/mol. The number of nitrogens with one attached hydrogen (secondary N) is 1. The van der Waals surface area contributed by atoms with Crippen LogP contribution in [0.1, 0.15) is 44.2 Å². The number of likely N-dealkylation sites (tertiary alicyclic amines) is 1. The maximum absolute atomic E-state index is 5.86. The maximum atomic E-state index is 5.86. The lowest BCUT2D eigenvalue weighted by Crippen LogP contribution is -2.34. The summed E-state index contributed by atoms with van der Waals surface area (Å²) in [5.74, 6) is 1.11. The standard InChI is InChI=1S/C18H30N4.HI/c1-15(2)12-20-18(19)21-13-16-6-8-17(9-7-16)14-22-10-4-3-5-11-22;/h6-9,15H,3-5,10-14H2,1-2H3,(H3,19,20,21);1H. The molecule has 5 heteroatoms. The molecule has 23 heavy (non-hydrogen) atoms. The van der Waals surface area contributed by atoms with E-state index in [4.69, 9.17) is 5.73 Å². The number of hydrogen-bond acceptors (Lipinski definition) is 2. The highest BCUT2D eigenvalue weighted by atomic mass is 127. The summed E-state index contributed by atoms with van der Waals surface area (Å²) < 4.78 is 0. The molecule has 4 nitrogen and oxygen atoms in total. The van der Waals surface area contributed by atoms with E-state index in [-0.39, 0.29) is 24.0 Å². The molecule has 1 heterocycles. The van der Waals surface area contributed by atoms with Crippen LogP contribution < -0.4 is 11.1 Å². The van der Waals surface area contributed by atoms with Crippen molar-refractivity contribution in [2.75, 3.05) is 19.6 Å². The normalized spacial score (nSPS) is 16.2. The Balaban J connectivity index is 0.00000264. The summed E-state index contributed by atoms with van der Waals surface area (Å²) in [6, 6.07) is 8.77. The van der Waals surface area contributed by atoms with Gasteiger partial charge in [0.2, 0.25) is 0 Å². The number of halogens is 1. The number of aliphatic imine (C=N–C) groups is 1. The van der Waals surface area contributed by atoms with Crippen molar-refractivity contribution in [2.45, 2.75) is 46.2 Å². The van der Waals surface area contributed by atoms with Crippen LogP contribution in [0.3, 0.4) is 0 Å². The molecule has 0 bridgehead atoms. The molecule has 1 fully saturated rings. The van der Waals surface area contributed by atoms with E-state index in [2.05, 4.69) is 53.3 Å². The van der Waals surface area contributed by atoms with Crippen molar-refractivity contribution < 1.29 is 0 Å². The number of rotatable bonds is 6. The molecule has 1 aliphatic heterocycles. The van der Waals surface area contributed by atoms with E-state index in [1.165, 1.54) is 43.5 Å². The Morgan fingerprint density at radius 1 is 1.13 bits per heavy atom. The van der Waals surface area contributed by atoms with Gasteiger partial charge in [0, 0.05) is 13.1 Å². The first kappa shape index (κ1) is 20.2. The minimum absolute atomic E-state index is 0. The van der Waals surface area contributed by atoms with E-state index < -0.39 is 0 Å². The van der Waals surface area contributed by atoms with Crippen LogP contribution in [-0.4, -0.2) is 30.5 Å². The van der Waals surface area contributed by atoms with Gasteiger partial charge in [-0.15, -0.1) is 24.0 Å². The van der Waals surface area contributed by atoms with Crippen molar-refractivity contribution in [3.63, 3.8) is 0 Å². The molecular weight excluding hydrogens is 399 g/mol. The van der Waals surface area contributed by atoms with Crippen molar-refractivity contribution in [3.05, 3.63) is 35.4 Å². The summed E-state index contributed by atoms with van der Waals surface area (Å²) in [4.78, 5) is 6.93.